The van der Waals surface area contributed by atoms with Gasteiger partial charge in [0.05, 0.1) is 16.7 Å². The third kappa shape index (κ3) is 5.18. The Morgan fingerprint density at radius 1 is 0.515 bits per heavy atom. The van der Waals surface area contributed by atoms with Crippen LogP contribution < -0.4 is 11.5 Å². The number of nitrogen functional groups attached to an aromatic ring is 2. The zero-order valence-electron chi connectivity index (χ0n) is 16.7. The van der Waals surface area contributed by atoms with Crippen LogP contribution in [0.2, 0.25) is 0 Å². The zero-order chi connectivity index (χ0) is 24.9. The van der Waals surface area contributed by atoms with Gasteiger partial charge in [-0.2, -0.15) is 39.5 Å². The van der Waals surface area contributed by atoms with Crippen molar-refractivity contribution in [2.45, 2.75) is 25.5 Å². The maximum absolute atomic E-state index is 13.7. The minimum atomic E-state index is -4.96. The molecule has 0 fully saturated rings. The van der Waals surface area contributed by atoms with Crippen molar-refractivity contribution in [3.63, 3.8) is 0 Å². The van der Waals surface area contributed by atoms with E-state index in [-0.39, 0.29) is 22.4 Å². The molecule has 0 radical (unpaired) electrons. The van der Waals surface area contributed by atoms with Gasteiger partial charge in [-0.3, -0.25) is 0 Å². The van der Waals surface area contributed by atoms with E-state index in [9.17, 15) is 39.5 Å². The molecule has 3 aromatic rings. The minimum absolute atomic E-state index is 0.0512. The fourth-order valence-corrected chi connectivity index (χ4v) is 3.43. The van der Waals surface area contributed by atoms with Crippen LogP contribution in [0.25, 0.3) is 22.3 Å². The first-order chi connectivity index (χ1) is 15.0. The lowest BCUT2D eigenvalue weighted by molar-refractivity contribution is -0.138. The summed E-state index contributed by atoms with van der Waals surface area (Å²) in [6.07, 6.45) is -14.6. The number of benzene rings is 3. The highest BCUT2D eigenvalue weighted by atomic mass is 19.4. The highest BCUT2D eigenvalue weighted by molar-refractivity contribution is 5.81. The van der Waals surface area contributed by atoms with Crippen LogP contribution in [0.4, 0.5) is 50.9 Å². The van der Waals surface area contributed by atoms with Crippen molar-refractivity contribution in [1.82, 2.24) is 0 Å². The number of halogens is 9. The summed E-state index contributed by atoms with van der Waals surface area (Å²) in [5.41, 5.74) is 5.26. The SMILES string of the molecule is Cc1cc(C(F)(F)F)c(-c2cc(N)cc(C(F)(F)F)c2)cc1-c1cc(N)cc(C(F)(F)F)c1. The van der Waals surface area contributed by atoms with Gasteiger partial charge in [0.1, 0.15) is 0 Å². The van der Waals surface area contributed by atoms with Crippen LogP contribution in [0.15, 0.2) is 48.5 Å². The summed E-state index contributed by atoms with van der Waals surface area (Å²) in [5.74, 6) is 0. The number of hydrogen-bond acceptors (Lipinski definition) is 2. The number of alkyl halides is 9. The first-order valence-corrected chi connectivity index (χ1v) is 9.15. The average Bonchev–Trinajstić information content (AvgIpc) is 2.64. The molecule has 0 aliphatic heterocycles. The van der Waals surface area contributed by atoms with Crippen LogP contribution in [-0.4, -0.2) is 0 Å². The van der Waals surface area contributed by atoms with E-state index in [1.165, 1.54) is 6.92 Å². The van der Waals surface area contributed by atoms with E-state index < -0.39 is 52.0 Å². The van der Waals surface area contributed by atoms with E-state index in [4.69, 9.17) is 11.5 Å². The highest BCUT2D eigenvalue weighted by Crippen LogP contribution is 2.44. The Morgan fingerprint density at radius 2 is 0.939 bits per heavy atom. The van der Waals surface area contributed by atoms with Gasteiger partial charge >= 0.3 is 18.5 Å². The van der Waals surface area contributed by atoms with Crippen LogP contribution in [0, 0.1) is 6.92 Å². The van der Waals surface area contributed by atoms with E-state index in [1.54, 1.807) is 0 Å². The largest absolute Gasteiger partial charge is 0.417 e. The molecule has 3 rings (SSSR count). The Bertz CT molecular complexity index is 1210. The van der Waals surface area contributed by atoms with Crippen molar-refractivity contribution in [2.75, 3.05) is 11.5 Å². The van der Waals surface area contributed by atoms with Crippen molar-refractivity contribution in [3.8, 4) is 22.3 Å². The Labute approximate surface area is 181 Å². The van der Waals surface area contributed by atoms with E-state index in [0.29, 0.717) is 30.3 Å². The number of anilines is 2. The molecule has 0 heterocycles. The maximum Gasteiger partial charge on any atom is 0.417 e. The molecule has 0 bridgehead atoms. The van der Waals surface area contributed by atoms with Gasteiger partial charge in [0.2, 0.25) is 0 Å². The van der Waals surface area contributed by atoms with Crippen LogP contribution in [0.1, 0.15) is 22.3 Å². The third-order valence-corrected chi connectivity index (χ3v) is 4.86. The molecule has 0 saturated carbocycles. The minimum Gasteiger partial charge on any atom is -0.399 e. The summed E-state index contributed by atoms with van der Waals surface area (Å²) in [6.45, 7) is 1.24. The molecule has 3 aromatic carbocycles. The van der Waals surface area contributed by atoms with Gasteiger partial charge in [-0.1, -0.05) is 0 Å². The summed E-state index contributed by atoms with van der Waals surface area (Å²) in [7, 11) is 0. The predicted octanol–water partition coefficient (Wildman–Crippen LogP) is 7.55. The van der Waals surface area contributed by atoms with Gasteiger partial charge in [0, 0.05) is 11.4 Å². The smallest absolute Gasteiger partial charge is 0.399 e. The Kier molecular flexibility index (Phi) is 5.80. The molecular weight excluding hydrogens is 463 g/mol. The van der Waals surface area contributed by atoms with Crippen LogP contribution >= 0.6 is 0 Å². The second-order valence-corrected chi connectivity index (χ2v) is 7.39. The monoisotopic (exact) mass is 478 g/mol. The van der Waals surface area contributed by atoms with Crippen molar-refractivity contribution < 1.29 is 39.5 Å². The lowest BCUT2D eigenvalue weighted by atomic mass is 9.89. The summed E-state index contributed by atoms with van der Waals surface area (Å²) in [6, 6.07) is 6.06. The molecule has 2 nitrogen and oxygen atoms in total. The van der Waals surface area contributed by atoms with Gasteiger partial charge < -0.3 is 11.5 Å². The summed E-state index contributed by atoms with van der Waals surface area (Å²) >= 11 is 0. The molecule has 0 amide bonds. The highest BCUT2D eigenvalue weighted by Gasteiger charge is 2.36. The Balaban J connectivity index is 2.35. The molecule has 11 heteroatoms. The first kappa shape index (κ1) is 24.3. The second kappa shape index (κ2) is 7.89. The van der Waals surface area contributed by atoms with Crippen LogP contribution in [0.3, 0.4) is 0 Å². The fraction of sp³-hybridized carbons (Fsp3) is 0.182. The third-order valence-electron chi connectivity index (χ3n) is 4.86. The summed E-state index contributed by atoms with van der Waals surface area (Å²) in [5, 5.41) is 0. The molecule has 0 aliphatic rings. The van der Waals surface area contributed by atoms with Crippen molar-refractivity contribution in [3.05, 3.63) is 70.8 Å². The summed E-state index contributed by atoms with van der Waals surface area (Å²) < 4.78 is 120. The van der Waals surface area contributed by atoms with Gasteiger partial charge in [-0.25, -0.2) is 0 Å². The van der Waals surface area contributed by atoms with Gasteiger partial charge in [0.25, 0.3) is 0 Å². The molecule has 0 spiro atoms. The fourth-order valence-electron chi connectivity index (χ4n) is 3.43. The topological polar surface area (TPSA) is 52.0 Å². The molecular formula is C22H15F9N2. The van der Waals surface area contributed by atoms with Crippen molar-refractivity contribution >= 4 is 11.4 Å². The predicted molar refractivity (Wildman–Crippen MR) is 106 cm³/mol. The number of nitrogens with two attached hydrogens (primary N) is 2. The molecule has 0 aromatic heterocycles. The van der Waals surface area contributed by atoms with Gasteiger partial charge in [0.15, 0.2) is 0 Å². The molecule has 176 valence electrons. The molecule has 0 aliphatic carbocycles. The quantitative estimate of drug-likeness (QED) is 0.295. The number of aryl methyl sites for hydroxylation is 1. The maximum atomic E-state index is 13.7. The van der Waals surface area contributed by atoms with Crippen molar-refractivity contribution in [1.29, 1.82) is 0 Å². The van der Waals surface area contributed by atoms with Gasteiger partial charge in [-0.05, 0) is 83.3 Å². The number of hydrogen-bond donors (Lipinski definition) is 2. The summed E-state index contributed by atoms with van der Waals surface area (Å²) in [4.78, 5) is 0. The van der Waals surface area contributed by atoms with E-state index in [1.807, 2.05) is 0 Å². The molecule has 33 heavy (non-hydrogen) atoms. The van der Waals surface area contributed by atoms with Crippen LogP contribution in [-0.2, 0) is 18.5 Å². The van der Waals surface area contributed by atoms with E-state index >= 15 is 0 Å². The first-order valence-electron chi connectivity index (χ1n) is 9.15. The molecule has 0 saturated heterocycles. The van der Waals surface area contributed by atoms with Crippen molar-refractivity contribution in [2.24, 2.45) is 0 Å². The molecule has 4 N–H and O–H groups in total. The normalized spacial score (nSPS) is 12.8. The average molecular weight is 478 g/mol. The Morgan fingerprint density at radius 3 is 1.33 bits per heavy atom. The number of rotatable bonds is 2. The lowest BCUT2D eigenvalue weighted by Gasteiger charge is -2.19. The van der Waals surface area contributed by atoms with E-state index in [0.717, 1.165) is 18.2 Å². The van der Waals surface area contributed by atoms with Crippen LogP contribution in [0.5, 0.6) is 0 Å². The zero-order valence-corrected chi connectivity index (χ0v) is 16.7. The second-order valence-electron chi connectivity index (χ2n) is 7.39. The Hall–Kier alpha value is -3.37. The molecule has 0 atom stereocenters. The molecule has 0 unspecified atom stereocenters. The lowest BCUT2D eigenvalue weighted by Crippen LogP contribution is -2.10. The van der Waals surface area contributed by atoms with Gasteiger partial charge in [-0.15, -0.1) is 0 Å². The standard InChI is InChI=1S/C22H15F9N2/c1-10-2-19(22(29,30)31)18(12-4-14(21(26,27)28)8-16(33)6-12)9-17(10)11-3-13(20(23,24)25)7-15(32)5-11/h2-9H,32-33H2,1H3. The van der Waals surface area contributed by atoms with E-state index in [2.05, 4.69) is 0 Å².